The summed E-state index contributed by atoms with van der Waals surface area (Å²) in [5, 5.41) is 0. The van der Waals surface area contributed by atoms with Gasteiger partial charge in [0.1, 0.15) is 11.5 Å². The lowest BCUT2D eigenvalue weighted by molar-refractivity contribution is -0.128. The molecule has 0 amide bonds. The van der Waals surface area contributed by atoms with E-state index in [4.69, 9.17) is 9.47 Å². The summed E-state index contributed by atoms with van der Waals surface area (Å²) in [6, 6.07) is 5.87. The SMILES string of the molecule is COc1cccc(C)c1C1CC(=O)CCO1. The lowest BCUT2D eigenvalue weighted by atomic mass is 9.96. The van der Waals surface area contributed by atoms with Crippen LogP contribution in [-0.2, 0) is 9.53 Å². The van der Waals surface area contributed by atoms with Crippen molar-refractivity contribution in [3.63, 3.8) is 0 Å². The van der Waals surface area contributed by atoms with E-state index in [-0.39, 0.29) is 11.9 Å². The number of benzene rings is 1. The van der Waals surface area contributed by atoms with E-state index in [2.05, 4.69) is 0 Å². The van der Waals surface area contributed by atoms with E-state index in [0.29, 0.717) is 19.4 Å². The van der Waals surface area contributed by atoms with Crippen molar-refractivity contribution < 1.29 is 14.3 Å². The van der Waals surface area contributed by atoms with Crippen LogP contribution in [0.25, 0.3) is 0 Å². The van der Waals surface area contributed by atoms with Crippen LogP contribution in [0.1, 0.15) is 30.1 Å². The fraction of sp³-hybridized carbons (Fsp3) is 0.462. The van der Waals surface area contributed by atoms with Crippen molar-refractivity contribution in [2.45, 2.75) is 25.9 Å². The highest BCUT2D eigenvalue weighted by molar-refractivity contribution is 5.80. The fourth-order valence-electron chi connectivity index (χ4n) is 2.11. The van der Waals surface area contributed by atoms with Gasteiger partial charge < -0.3 is 9.47 Å². The molecule has 3 nitrogen and oxygen atoms in total. The van der Waals surface area contributed by atoms with E-state index in [1.807, 2.05) is 25.1 Å². The molecule has 1 aromatic carbocycles. The van der Waals surface area contributed by atoms with Crippen molar-refractivity contribution in [1.29, 1.82) is 0 Å². The van der Waals surface area contributed by atoms with Crippen LogP contribution in [0, 0.1) is 6.92 Å². The number of carbonyl (C=O) groups is 1. The highest BCUT2D eigenvalue weighted by Crippen LogP contribution is 2.34. The minimum atomic E-state index is -0.141. The van der Waals surface area contributed by atoms with Gasteiger partial charge in [-0.2, -0.15) is 0 Å². The van der Waals surface area contributed by atoms with Crippen molar-refractivity contribution in [2.75, 3.05) is 13.7 Å². The zero-order valence-corrected chi connectivity index (χ0v) is 9.66. The van der Waals surface area contributed by atoms with Gasteiger partial charge in [0.05, 0.1) is 19.8 Å². The second-order valence-electron chi connectivity index (χ2n) is 4.04. The zero-order chi connectivity index (χ0) is 11.5. The molecule has 0 spiro atoms. The van der Waals surface area contributed by atoms with Crippen molar-refractivity contribution >= 4 is 5.78 Å². The molecule has 86 valence electrons. The van der Waals surface area contributed by atoms with Gasteiger partial charge in [-0.25, -0.2) is 0 Å². The fourth-order valence-corrected chi connectivity index (χ4v) is 2.11. The van der Waals surface area contributed by atoms with Gasteiger partial charge in [0.25, 0.3) is 0 Å². The van der Waals surface area contributed by atoms with Crippen LogP contribution in [0.15, 0.2) is 18.2 Å². The Bertz CT molecular complexity index is 398. The number of rotatable bonds is 2. The van der Waals surface area contributed by atoms with Gasteiger partial charge >= 0.3 is 0 Å². The molecule has 1 aliphatic rings. The third kappa shape index (κ3) is 2.09. The molecule has 0 aromatic heterocycles. The molecule has 16 heavy (non-hydrogen) atoms. The van der Waals surface area contributed by atoms with Gasteiger partial charge in [0, 0.05) is 18.4 Å². The van der Waals surface area contributed by atoms with Crippen molar-refractivity contribution in [1.82, 2.24) is 0 Å². The number of methoxy groups -OCH3 is 1. The quantitative estimate of drug-likeness (QED) is 0.767. The summed E-state index contributed by atoms with van der Waals surface area (Å²) in [4.78, 5) is 11.4. The van der Waals surface area contributed by atoms with Crippen molar-refractivity contribution in [3.05, 3.63) is 29.3 Å². The van der Waals surface area contributed by atoms with Gasteiger partial charge in [-0.15, -0.1) is 0 Å². The maximum absolute atomic E-state index is 11.4. The Hall–Kier alpha value is -1.35. The number of ether oxygens (including phenoxy) is 2. The first-order chi connectivity index (χ1) is 7.72. The van der Waals surface area contributed by atoms with Crippen LogP contribution in [0.5, 0.6) is 5.75 Å². The van der Waals surface area contributed by atoms with Gasteiger partial charge in [0.15, 0.2) is 0 Å². The first-order valence-corrected chi connectivity index (χ1v) is 5.49. The average Bonchev–Trinajstić information content (AvgIpc) is 2.28. The molecule has 0 bridgehead atoms. The zero-order valence-electron chi connectivity index (χ0n) is 9.66. The van der Waals surface area contributed by atoms with Crippen molar-refractivity contribution in [3.8, 4) is 5.75 Å². The van der Waals surface area contributed by atoms with Gasteiger partial charge in [-0.05, 0) is 18.6 Å². The summed E-state index contributed by atoms with van der Waals surface area (Å²) < 4.78 is 11.0. The van der Waals surface area contributed by atoms with Crippen LogP contribution >= 0.6 is 0 Å². The van der Waals surface area contributed by atoms with Crippen molar-refractivity contribution in [2.24, 2.45) is 0 Å². The molecular weight excluding hydrogens is 204 g/mol. The molecular formula is C13H16O3. The maximum Gasteiger partial charge on any atom is 0.138 e. The Labute approximate surface area is 95.4 Å². The average molecular weight is 220 g/mol. The highest BCUT2D eigenvalue weighted by Gasteiger charge is 2.25. The molecule has 1 unspecified atom stereocenters. The number of aryl methyl sites for hydroxylation is 1. The molecule has 1 aliphatic heterocycles. The van der Waals surface area contributed by atoms with Crippen LogP contribution in [0.2, 0.25) is 0 Å². The van der Waals surface area contributed by atoms with E-state index in [9.17, 15) is 4.79 Å². The largest absolute Gasteiger partial charge is 0.496 e. The third-order valence-electron chi connectivity index (χ3n) is 2.94. The summed E-state index contributed by atoms with van der Waals surface area (Å²) in [7, 11) is 1.64. The van der Waals surface area contributed by atoms with E-state index in [1.54, 1.807) is 7.11 Å². The lowest BCUT2D eigenvalue weighted by Crippen LogP contribution is -2.20. The van der Waals surface area contributed by atoms with Gasteiger partial charge in [-0.3, -0.25) is 4.79 Å². The van der Waals surface area contributed by atoms with E-state index in [1.165, 1.54) is 0 Å². The molecule has 1 aromatic rings. The predicted molar refractivity (Wildman–Crippen MR) is 60.7 cm³/mol. The van der Waals surface area contributed by atoms with Crippen LogP contribution < -0.4 is 4.74 Å². The number of ketones is 1. The Morgan fingerprint density at radius 2 is 2.25 bits per heavy atom. The normalized spacial score (nSPS) is 20.9. The highest BCUT2D eigenvalue weighted by atomic mass is 16.5. The molecule has 0 aliphatic carbocycles. The van der Waals surface area contributed by atoms with Crippen LogP contribution in [-0.4, -0.2) is 19.5 Å². The van der Waals surface area contributed by atoms with Gasteiger partial charge in [-0.1, -0.05) is 12.1 Å². The molecule has 1 fully saturated rings. The molecule has 0 radical (unpaired) electrons. The first kappa shape index (κ1) is 11.1. The summed E-state index contributed by atoms with van der Waals surface area (Å²) in [5.74, 6) is 1.07. The Kier molecular flexibility index (Phi) is 3.25. The second kappa shape index (κ2) is 4.66. The number of hydrogen-bond acceptors (Lipinski definition) is 3. The second-order valence-corrected chi connectivity index (χ2v) is 4.04. The Balaban J connectivity index is 2.34. The third-order valence-corrected chi connectivity index (χ3v) is 2.94. The number of carbonyl (C=O) groups excluding carboxylic acids is 1. The standard InChI is InChI=1S/C13H16O3/c1-9-4-3-5-11(15-2)13(9)12-8-10(14)6-7-16-12/h3-5,12H,6-8H2,1-2H3. The monoisotopic (exact) mass is 220 g/mol. The Morgan fingerprint density at radius 1 is 1.44 bits per heavy atom. The lowest BCUT2D eigenvalue weighted by Gasteiger charge is -2.25. The minimum absolute atomic E-state index is 0.141. The smallest absolute Gasteiger partial charge is 0.138 e. The van der Waals surface area contributed by atoms with E-state index in [0.717, 1.165) is 16.9 Å². The molecule has 1 saturated heterocycles. The number of Topliss-reactive ketones (excluding diaryl/α,β-unsaturated/α-hetero) is 1. The van der Waals surface area contributed by atoms with E-state index < -0.39 is 0 Å². The molecule has 1 heterocycles. The molecule has 0 saturated carbocycles. The molecule has 2 rings (SSSR count). The van der Waals surface area contributed by atoms with Crippen LogP contribution in [0.4, 0.5) is 0 Å². The minimum Gasteiger partial charge on any atom is -0.496 e. The summed E-state index contributed by atoms with van der Waals surface area (Å²) in [6.45, 7) is 2.53. The van der Waals surface area contributed by atoms with E-state index >= 15 is 0 Å². The summed E-state index contributed by atoms with van der Waals surface area (Å²) in [5.41, 5.74) is 2.12. The Morgan fingerprint density at radius 3 is 2.94 bits per heavy atom. The predicted octanol–water partition coefficient (Wildman–Crippen LogP) is 2.42. The number of hydrogen-bond donors (Lipinski definition) is 0. The summed E-state index contributed by atoms with van der Waals surface area (Å²) in [6.07, 6.45) is 0.851. The van der Waals surface area contributed by atoms with Gasteiger partial charge in [0.2, 0.25) is 0 Å². The molecule has 1 atom stereocenters. The molecule has 0 N–H and O–H groups in total. The maximum atomic E-state index is 11.4. The molecule has 3 heteroatoms. The first-order valence-electron chi connectivity index (χ1n) is 5.49. The topological polar surface area (TPSA) is 35.5 Å². The van der Waals surface area contributed by atoms with Crippen LogP contribution in [0.3, 0.4) is 0 Å². The summed E-state index contributed by atoms with van der Waals surface area (Å²) >= 11 is 0.